The Labute approximate surface area is 194 Å². The normalized spacial score (nSPS) is 18.0. The fourth-order valence-corrected chi connectivity index (χ4v) is 4.68. The zero-order chi connectivity index (χ0) is 23.8. The van der Waals surface area contributed by atoms with Crippen LogP contribution in [0.5, 0.6) is 5.75 Å². The molecule has 5 rings (SSSR count). The lowest BCUT2D eigenvalue weighted by Crippen LogP contribution is -2.50. The molecule has 2 fully saturated rings. The number of benzene rings is 2. The van der Waals surface area contributed by atoms with Gasteiger partial charge in [0.05, 0.1) is 18.3 Å². The Balaban J connectivity index is 1.41. The number of amides is 2. The number of halogens is 3. The maximum atomic E-state index is 13.6. The van der Waals surface area contributed by atoms with Crippen LogP contribution in [-0.2, 0) is 11.3 Å². The summed E-state index contributed by atoms with van der Waals surface area (Å²) in [6.45, 7) is 1.71. The van der Waals surface area contributed by atoms with Crippen LogP contribution in [-0.4, -0.2) is 52.8 Å². The van der Waals surface area contributed by atoms with E-state index in [1.165, 1.54) is 18.2 Å². The summed E-state index contributed by atoms with van der Waals surface area (Å²) in [4.78, 5) is 17.1. The molecule has 2 saturated heterocycles. The Kier molecular flexibility index (Phi) is 5.68. The molecule has 0 saturated carbocycles. The van der Waals surface area contributed by atoms with Crippen LogP contribution in [0.2, 0.25) is 0 Å². The molecule has 0 radical (unpaired) electrons. The second kappa shape index (κ2) is 8.68. The number of urea groups is 1. The number of nitrogens with zero attached hydrogens (tertiary/aromatic N) is 3. The lowest BCUT2D eigenvalue weighted by Gasteiger charge is -2.40. The van der Waals surface area contributed by atoms with Crippen LogP contribution in [0.3, 0.4) is 0 Å². The fourth-order valence-electron chi connectivity index (χ4n) is 4.68. The number of alkyl halides is 3. The van der Waals surface area contributed by atoms with Crippen LogP contribution in [0.15, 0.2) is 60.9 Å². The molecule has 7 nitrogen and oxygen atoms in total. The monoisotopic (exact) mass is 472 g/mol. The van der Waals surface area contributed by atoms with Crippen molar-refractivity contribution in [2.45, 2.75) is 31.3 Å². The number of aromatic amines is 1. The van der Waals surface area contributed by atoms with Crippen molar-refractivity contribution in [1.29, 1.82) is 0 Å². The SMILES string of the molecule is O=C1N(c2ccc(-c3cn[nH]c3)cc2)CC2(CCOCC2)N1Cc1cccc(OC(F)(F)F)c1. The standard InChI is InChI=1S/C24H23F3N4O3/c25-24(26,27)34-21-3-1-2-17(12-21)15-31-22(32)30(16-23(31)8-10-33-11-9-23)20-6-4-18(5-7-20)19-13-28-29-14-19/h1-7,12-14H,8-11,15-16H2,(H,28,29). The van der Waals surface area contributed by atoms with Gasteiger partial charge in [-0.15, -0.1) is 13.2 Å². The van der Waals surface area contributed by atoms with E-state index in [4.69, 9.17) is 4.74 Å². The smallest absolute Gasteiger partial charge is 0.406 e. The van der Waals surface area contributed by atoms with Gasteiger partial charge in [0.25, 0.3) is 0 Å². The second-order valence-corrected chi connectivity index (χ2v) is 8.52. The third kappa shape index (κ3) is 4.45. The van der Waals surface area contributed by atoms with Crippen molar-refractivity contribution in [3.8, 4) is 16.9 Å². The van der Waals surface area contributed by atoms with Gasteiger partial charge in [-0.25, -0.2) is 4.79 Å². The Morgan fingerprint density at radius 3 is 2.53 bits per heavy atom. The van der Waals surface area contributed by atoms with Crippen molar-refractivity contribution in [3.05, 3.63) is 66.5 Å². The summed E-state index contributed by atoms with van der Waals surface area (Å²) in [5.41, 5.74) is 2.79. The van der Waals surface area contributed by atoms with Gasteiger partial charge in [0.15, 0.2) is 0 Å². The van der Waals surface area contributed by atoms with Crippen LogP contribution >= 0.6 is 0 Å². The number of aromatic nitrogens is 2. The third-order valence-electron chi connectivity index (χ3n) is 6.39. The molecule has 1 N–H and O–H groups in total. The Morgan fingerprint density at radius 2 is 1.85 bits per heavy atom. The highest BCUT2D eigenvalue weighted by Crippen LogP contribution is 2.39. The van der Waals surface area contributed by atoms with Gasteiger partial charge in [-0.2, -0.15) is 5.10 Å². The molecule has 1 spiro atoms. The minimum absolute atomic E-state index is 0.178. The van der Waals surface area contributed by atoms with Gasteiger partial charge >= 0.3 is 12.4 Å². The van der Waals surface area contributed by atoms with Gasteiger partial charge in [0.1, 0.15) is 5.75 Å². The number of rotatable bonds is 5. The van der Waals surface area contributed by atoms with Crippen molar-refractivity contribution in [3.63, 3.8) is 0 Å². The molecule has 1 aromatic heterocycles. The first-order valence-corrected chi connectivity index (χ1v) is 10.9. The number of H-pyrrole nitrogens is 1. The summed E-state index contributed by atoms with van der Waals surface area (Å²) >= 11 is 0. The van der Waals surface area contributed by atoms with Crippen molar-refractivity contribution in [2.24, 2.45) is 0 Å². The molecule has 2 aliphatic rings. The molecule has 10 heteroatoms. The second-order valence-electron chi connectivity index (χ2n) is 8.52. The molecule has 0 atom stereocenters. The van der Waals surface area contributed by atoms with Crippen molar-refractivity contribution >= 4 is 11.7 Å². The van der Waals surface area contributed by atoms with Gasteiger partial charge in [0.2, 0.25) is 0 Å². The van der Waals surface area contributed by atoms with E-state index in [0.29, 0.717) is 38.2 Å². The van der Waals surface area contributed by atoms with E-state index in [1.54, 1.807) is 28.3 Å². The number of hydrogen-bond donors (Lipinski definition) is 1. The minimum atomic E-state index is -4.77. The zero-order valence-corrected chi connectivity index (χ0v) is 18.2. The van der Waals surface area contributed by atoms with Crippen LogP contribution in [0.1, 0.15) is 18.4 Å². The molecule has 0 bridgehead atoms. The average molecular weight is 472 g/mol. The van der Waals surface area contributed by atoms with Crippen LogP contribution in [0, 0.1) is 0 Å². The highest BCUT2D eigenvalue weighted by molar-refractivity contribution is 5.95. The summed E-state index contributed by atoms with van der Waals surface area (Å²) in [5.74, 6) is -0.302. The molecule has 0 aliphatic carbocycles. The zero-order valence-electron chi connectivity index (χ0n) is 18.2. The van der Waals surface area contributed by atoms with Gasteiger partial charge in [-0.1, -0.05) is 24.3 Å². The van der Waals surface area contributed by atoms with Crippen molar-refractivity contribution in [1.82, 2.24) is 15.1 Å². The number of nitrogens with one attached hydrogen (secondary N) is 1. The molecular weight excluding hydrogens is 449 g/mol. The summed E-state index contributed by atoms with van der Waals surface area (Å²) < 4.78 is 47.6. The van der Waals surface area contributed by atoms with E-state index in [1.807, 2.05) is 24.3 Å². The van der Waals surface area contributed by atoms with Crippen LogP contribution in [0.4, 0.5) is 23.7 Å². The summed E-state index contributed by atoms with van der Waals surface area (Å²) in [5, 5.41) is 6.75. The molecule has 3 aromatic rings. The van der Waals surface area contributed by atoms with E-state index in [2.05, 4.69) is 14.9 Å². The number of carbonyl (C=O) groups excluding carboxylic acids is 1. The highest BCUT2D eigenvalue weighted by Gasteiger charge is 2.50. The maximum Gasteiger partial charge on any atom is 0.573 e. The predicted molar refractivity (Wildman–Crippen MR) is 118 cm³/mol. The highest BCUT2D eigenvalue weighted by atomic mass is 19.4. The maximum absolute atomic E-state index is 13.6. The lowest BCUT2D eigenvalue weighted by atomic mass is 9.89. The Bertz CT molecular complexity index is 1140. The van der Waals surface area contributed by atoms with E-state index in [9.17, 15) is 18.0 Å². The van der Waals surface area contributed by atoms with Gasteiger partial charge < -0.3 is 14.4 Å². The van der Waals surface area contributed by atoms with Crippen LogP contribution < -0.4 is 9.64 Å². The number of hydrogen-bond acceptors (Lipinski definition) is 4. The molecule has 34 heavy (non-hydrogen) atoms. The van der Waals surface area contributed by atoms with E-state index >= 15 is 0 Å². The van der Waals surface area contributed by atoms with Gasteiger partial charge in [-0.05, 0) is 48.2 Å². The predicted octanol–water partition coefficient (Wildman–Crippen LogP) is 4.97. The fraction of sp³-hybridized carbons (Fsp3) is 0.333. The molecule has 3 heterocycles. The first-order chi connectivity index (χ1) is 16.3. The van der Waals surface area contributed by atoms with Crippen LogP contribution in [0.25, 0.3) is 11.1 Å². The molecule has 2 amide bonds. The summed E-state index contributed by atoms with van der Waals surface area (Å²) in [6, 6.07) is 13.3. The third-order valence-corrected chi connectivity index (χ3v) is 6.39. The van der Waals surface area contributed by atoms with E-state index < -0.39 is 11.9 Å². The number of carbonyl (C=O) groups is 1. The molecule has 178 valence electrons. The topological polar surface area (TPSA) is 70.7 Å². The van der Waals surface area contributed by atoms with Crippen molar-refractivity contribution in [2.75, 3.05) is 24.7 Å². The van der Waals surface area contributed by atoms with E-state index in [-0.39, 0.29) is 18.3 Å². The largest absolute Gasteiger partial charge is 0.573 e. The Morgan fingerprint density at radius 1 is 1.09 bits per heavy atom. The van der Waals surface area contributed by atoms with E-state index in [0.717, 1.165) is 16.8 Å². The average Bonchev–Trinajstić information content (AvgIpc) is 3.43. The Hall–Kier alpha value is -3.53. The molecule has 0 unspecified atom stereocenters. The minimum Gasteiger partial charge on any atom is -0.406 e. The molecular formula is C24H23F3N4O3. The summed E-state index contributed by atoms with van der Waals surface area (Å²) in [7, 11) is 0. The number of ether oxygens (including phenoxy) is 2. The lowest BCUT2D eigenvalue weighted by molar-refractivity contribution is -0.274. The summed E-state index contributed by atoms with van der Waals surface area (Å²) in [6.07, 6.45) is 0.0579. The van der Waals surface area contributed by atoms with Gasteiger partial charge in [-0.3, -0.25) is 10.00 Å². The first-order valence-electron chi connectivity index (χ1n) is 10.9. The number of anilines is 1. The molecule has 2 aromatic carbocycles. The van der Waals surface area contributed by atoms with Crippen molar-refractivity contribution < 1.29 is 27.4 Å². The van der Waals surface area contributed by atoms with Gasteiger partial charge in [0, 0.05) is 37.2 Å². The first kappa shape index (κ1) is 22.3. The molecule has 2 aliphatic heterocycles. The quantitative estimate of drug-likeness (QED) is 0.570.